The number of esters is 1. The number of aryl methyl sites for hydroxylation is 1. The minimum absolute atomic E-state index is 0.165. The van der Waals surface area contributed by atoms with Gasteiger partial charge in [-0.1, -0.05) is 41.2 Å². The normalized spacial score (nSPS) is 13.1. The quantitative estimate of drug-likeness (QED) is 0.437. The number of carbonyl (C=O) groups excluding carboxylic acids is 2. The average Bonchev–Trinajstić information content (AvgIpc) is 3.57. The molecule has 9 heteroatoms. The highest BCUT2D eigenvalue weighted by Crippen LogP contribution is 2.41. The Balaban J connectivity index is 1.31. The van der Waals surface area contributed by atoms with Crippen LogP contribution in [-0.2, 0) is 11.3 Å². The Labute approximate surface area is 192 Å². The van der Waals surface area contributed by atoms with Crippen LogP contribution in [0, 0.1) is 6.92 Å². The molecule has 0 bridgehead atoms. The molecule has 4 aromatic rings. The lowest BCUT2D eigenvalue weighted by molar-refractivity contribution is 0.0469. The second kappa shape index (κ2) is 8.59. The molecule has 2 aromatic heterocycles. The van der Waals surface area contributed by atoms with Gasteiger partial charge in [0.1, 0.15) is 11.6 Å². The van der Waals surface area contributed by atoms with Crippen molar-refractivity contribution in [1.82, 2.24) is 14.6 Å². The van der Waals surface area contributed by atoms with E-state index in [9.17, 15) is 14.4 Å². The Hall–Kier alpha value is -3.85. The topological polar surface area (TPSA) is 103 Å². The van der Waals surface area contributed by atoms with Gasteiger partial charge in [-0.25, -0.2) is 9.78 Å². The van der Waals surface area contributed by atoms with E-state index in [0.29, 0.717) is 27.8 Å². The third kappa shape index (κ3) is 4.54. The summed E-state index contributed by atoms with van der Waals surface area (Å²) in [4.78, 5) is 42.7. The molecule has 33 heavy (non-hydrogen) atoms. The molecule has 1 amide bonds. The van der Waals surface area contributed by atoms with Crippen molar-refractivity contribution in [2.45, 2.75) is 32.3 Å². The number of aromatic nitrogens is 3. The molecule has 0 spiro atoms. The van der Waals surface area contributed by atoms with Crippen LogP contribution in [0.3, 0.4) is 0 Å². The molecule has 0 unspecified atom stereocenters. The van der Waals surface area contributed by atoms with Crippen LogP contribution in [0.25, 0.3) is 4.96 Å². The maximum atomic E-state index is 12.8. The van der Waals surface area contributed by atoms with E-state index in [-0.39, 0.29) is 23.6 Å². The highest BCUT2D eigenvalue weighted by Gasteiger charge is 2.28. The molecular weight excluding hydrogens is 440 g/mol. The third-order valence-electron chi connectivity index (χ3n) is 5.27. The zero-order chi connectivity index (χ0) is 22.9. The molecule has 0 aliphatic heterocycles. The fourth-order valence-corrected chi connectivity index (χ4v) is 4.50. The lowest BCUT2D eigenvalue weighted by atomic mass is 10.1. The first-order valence-corrected chi connectivity index (χ1v) is 11.3. The number of nitrogens with one attached hydrogen (secondary N) is 1. The van der Waals surface area contributed by atoms with Crippen molar-refractivity contribution >= 4 is 33.9 Å². The number of para-hydroxylation sites is 1. The molecule has 1 fully saturated rings. The number of anilines is 1. The second-order valence-electron chi connectivity index (χ2n) is 7.94. The second-order valence-corrected chi connectivity index (χ2v) is 8.93. The van der Waals surface area contributed by atoms with Crippen LogP contribution in [0.2, 0.25) is 0 Å². The van der Waals surface area contributed by atoms with Gasteiger partial charge in [0.2, 0.25) is 4.96 Å². The predicted molar refractivity (Wildman–Crippen MR) is 124 cm³/mol. The van der Waals surface area contributed by atoms with Gasteiger partial charge in [-0.05, 0) is 44.0 Å². The molecule has 5 rings (SSSR count). The summed E-state index contributed by atoms with van der Waals surface area (Å²) >= 11 is 1.39. The minimum atomic E-state index is -0.625. The molecule has 2 heterocycles. The van der Waals surface area contributed by atoms with E-state index >= 15 is 0 Å². The van der Waals surface area contributed by atoms with Crippen LogP contribution in [0.1, 0.15) is 55.7 Å². The summed E-state index contributed by atoms with van der Waals surface area (Å²) in [6, 6.07) is 15.1. The van der Waals surface area contributed by atoms with Gasteiger partial charge in [-0.3, -0.25) is 9.59 Å². The van der Waals surface area contributed by atoms with Crippen LogP contribution in [0.4, 0.5) is 5.69 Å². The van der Waals surface area contributed by atoms with Gasteiger partial charge < -0.3 is 10.1 Å². The van der Waals surface area contributed by atoms with E-state index < -0.39 is 5.97 Å². The molecule has 0 saturated heterocycles. The Morgan fingerprint density at radius 1 is 1.15 bits per heavy atom. The summed E-state index contributed by atoms with van der Waals surface area (Å²) in [5, 5.41) is 8.02. The Morgan fingerprint density at radius 2 is 1.97 bits per heavy atom. The monoisotopic (exact) mass is 460 g/mol. The number of rotatable bonds is 6. The fourth-order valence-electron chi connectivity index (χ4n) is 3.41. The molecule has 1 N–H and O–H groups in total. The van der Waals surface area contributed by atoms with Crippen LogP contribution >= 0.6 is 11.3 Å². The average molecular weight is 461 g/mol. The molecule has 0 radical (unpaired) electrons. The number of hydrogen-bond donors (Lipinski definition) is 1. The van der Waals surface area contributed by atoms with Crippen molar-refractivity contribution in [2.75, 3.05) is 5.32 Å². The van der Waals surface area contributed by atoms with Crippen molar-refractivity contribution in [3.8, 4) is 0 Å². The summed E-state index contributed by atoms with van der Waals surface area (Å²) in [6.07, 6.45) is 2.16. The fraction of sp³-hybridized carbons (Fsp3) is 0.208. The molecule has 0 atom stereocenters. The van der Waals surface area contributed by atoms with Crippen LogP contribution < -0.4 is 10.9 Å². The van der Waals surface area contributed by atoms with Crippen molar-refractivity contribution in [3.63, 3.8) is 0 Å². The van der Waals surface area contributed by atoms with E-state index in [2.05, 4.69) is 15.4 Å². The van der Waals surface area contributed by atoms with Gasteiger partial charge in [-0.15, -0.1) is 0 Å². The SMILES string of the molecule is Cc1cccc(C(=O)Nc2ccccc2C(=O)OCc2cc(=O)n3nc(C4CC4)sc3n2)c1. The Morgan fingerprint density at radius 3 is 2.76 bits per heavy atom. The zero-order valence-electron chi connectivity index (χ0n) is 17.8. The summed E-state index contributed by atoms with van der Waals surface area (Å²) in [7, 11) is 0. The molecule has 1 aliphatic carbocycles. The summed E-state index contributed by atoms with van der Waals surface area (Å²) in [6.45, 7) is 1.74. The van der Waals surface area contributed by atoms with Crippen LogP contribution in [0.5, 0.6) is 0 Å². The van der Waals surface area contributed by atoms with E-state index in [1.165, 1.54) is 21.9 Å². The maximum absolute atomic E-state index is 12.8. The first-order valence-electron chi connectivity index (χ1n) is 10.5. The number of carbonyl (C=O) groups is 2. The van der Waals surface area contributed by atoms with Gasteiger partial charge in [0.05, 0.1) is 16.9 Å². The molecular formula is C24H20N4O4S. The van der Waals surface area contributed by atoms with Gasteiger partial charge in [0.15, 0.2) is 0 Å². The van der Waals surface area contributed by atoms with Gasteiger partial charge >= 0.3 is 5.97 Å². The highest BCUT2D eigenvalue weighted by molar-refractivity contribution is 7.16. The van der Waals surface area contributed by atoms with Crippen LogP contribution in [0.15, 0.2) is 59.4 Å². The number of ether oxygens (including phenoxy) is 1. The van der Waals surface area contributed by atoms with E-state index in [0.717, 1.165) is 23.4 Å². The Bertz CT molecular complexity index is 1440. The number of amides is 1. The first-order chi connectivity index (χ1) is 16.0. The van der Waals surface area contributed by atoms with Gasteiger partial charge in [0.25, 0.3) is 11.5 Å². The Kier molecular flexibility index (Phi) is 5.47. The predicted octanol–water partition coefficient (Wildman–Crippen LogP) is 3.95. The zero-order valence-corrected chi connectivity index (χ0v) is 18.6. The number of nitrogens with zero attached hydrogens (tertiary/aromatic N) is 3. The van der Waals surface area contributed by atoms with Gasteiger partial charge in [0, 0.05) is 17.5 Å². The van der Waals surface area contributed by atoms with Crippen molar-refractivity contribution < 1.29 is 14.3 Å². The minimum Gasteiger partial charge on any atom is -0.456 e. The van der Waals surface area contributed by atoms with Crippen LogP contribution in [-0.4, -0.2) is 26.5 Å². The van der Waals surface area contributed by atoms with E-state index in [1.807, 2.05) is 13.0 Å². The summed E-state index contributed by atoms with van der Waals surface area (Å²) in [5.41, 5.74) is 2.05. The van der Waals surface area contributed by atoms with Crippen molar-refractivity contribution in [1.29, 1.82) is 0 Å². The third-order valence-corrected chi connectivity index (χ3v) is 6.34. The summed E-state index contributed by atoms with van der Waals surface area (Å²) in [5.74, 6) is -0.528. The highest BCUT2D eigenvalue weighted by atomic mass is 32.1. The van der Waals surface area contributed by atoms with Gasteiger partial charge in [-0.2, -0.15) is 9.61 Å². The molecule has 166 valence electrons. The van der Waals surface area contributed by atoms with E-state index in [1.54, 1.807) is 42.5 Å². The number of benzene rings is 2. The largest absolute Gasteiger partial charge is 0.456 e. The van der Waals surface area contributed by atoms with Crippen molar-refractivity contribution in [2.24, 2.45) is 0 Å². The molecule has 8 nitrogen and oxygen atoms in total. The van der Waals surface area contributed by atoms with Crippen molar-refractivity contribution in [3.05, 3.63) is 92.3 Å². The maximum Gasteiger partial charge on any atom is 0.340 e. The number of fused-ring (bicyclic) bond motifs is 1. The molecule has 2 aromatic carbocycles. The molecule has 1 saturated carbocycles. The lowest BCUT2D eigenvalue weighted by Crippen LogP contribution is -2.18. The first kappa shape index (κ1) is 21.0. The smallest absolute Gasteiger partial charge is 0.340 e. The number of hydrogen-bond acceptors (Lipinski definition) is 7. The summed E-state index contributed by atoms with van der Waals surface area (Å²) < 4.78 is 6.71. The standard InChI is InChI=1S/C24H20N4O4S/c1-14-5-4-6-16(11-14)21(30)26-19-8-3-2-7-18(19)23(31)32-13-17-12-20(29)28-24(25-17)33-22(27-28)15-9-10-15/h2-8,11-12,15H,9-10,13H2,1H3,(H,26,30). The molecule has 1 aliphatic rings. The lowest BCUT2D eigenvalue weighted by Gasteiger charge is -2.11. The van der Waals surface area contributed by atoms with E-state index in [4.69, 9.17) is 4.74 Å².